The Morgan fingerprint density at radius 3 is 2.44 bits per heavy atom. The fourth-order valence-electron chi connectivity index (χ4n) is 2.84. The van der Waals surface area contributed by atoms with Gasteiger partial charge in [-0.2, -0.15) is 0 Å². The first-order chi connectivity index (χ1) is 12.1. The normalized spacial score (nSPS) is 14.5. The Balaban J connectivity index is 1.58. The fourth-order valence-corrected chi connectivity index (χ4v) is 2.84. The minimum absolute atomic E-state index is 0.0913. The minimum Gasteiger partial charge on any atom is -0.493 e. The number of nitrogens with zero attached hydrogens (tertiary/aromatic N) is 4. The molecule has 3 rings (SSSR count). The molecule has 0 spiro atoms. The highest BCUT2D eigenvalue weighted by atomic mass is 16.5. The highest BCUT2D eigenvalue weighted by Gasteiger charge is 2.24. The highest BCUT2D eigenvalue weighted by Crippen LogP contribution is 2.28. The van der Waals surface area contributed by atoms with Crippen LogP contribution < -0.4 is 14.4 Å². The van der Waals surface area contributed by atoms with Gasteiger partial charge in [-0.05, 0) is 17.7 Å². The van der Waals surface area contributed by atoms with E-state index >= 15 is 0 Å². The van der Waals surface area contributed by atoms with Crippen molar-refractivity contribution < 1.29 is 18.7 Å². The zero-order chi connectivity index (χ0) is 17.8. The monoisotopic (exact) mass is 346 g/mol. The van der Waals surface area contributed by atoms with Gasteiger partial charge >= 0.3 is 6.01 Å². The molecule has 0 N–H and O–H groups in total. The second-order valence-electron chi connectivity index (χ2n) is 5.84. The molecule has 1 amide bonds. The Morgan fingerprint density at radius 1 is 1.12 bits per heavy atom. The molecule has 1 fully saturated rings. The summed E-state index contributed by atoms with van der Waals surface area (Å²) in [6, 6.07) is 6.06. The number of methoxy groups -OCH3 is 2. The number of carbonyl (C=O) groups is 1. The number of hydrogen-bond donors (Lipinski definition) is 0. The number of benzene rings is 1. The molecule has 0 radical (unpaired) electrons. The molecule has 1 saturated heterocycles. The zero-order valence-corrected chi connectivity index (χ0v) is 14.7. The predicted molar refractivity (Wildman–Crippen MR) is 91.1 cm³/mol. The summed E-state index contributed by atoms with van der Waals surface area (Å²) in [6.07, 6.45) is 0.333. The summed E-state index contributed by atoms with van der Waals surface area (Å²) in [5.41, 5.74) is 0.901. The van der Waals surface area contributed by atoms with E-state index in [1.807, 2.05) is 28.0 Å². The predicted octanol–water partition coefficient (Wildman–Crippen LogP) is 1.29. The number of carbonyl (C=O) groups excluding carboxylic acids is 1. The van der Waals surface area contributed by atoms with E-state index in [4.69, 9.17) is 13.9 Å². The Hall–Kier alpha value is -2.77. The van der Waals surface area contributed by atoms with Gasteiger partial charge in [0.05, 0.1) is 20.6 Å². The lowest BCUT2D eigenvalue weighted by atomic mass is 10.1. The summed E-state index contributed by atoms with van der Waals surface area (Å²) in [5.74, 6) is 1.92. The van der Waals surface area contributed by atoms with Crippen molar-refractivity contribution in [3.05, 3.63) is 29.7 Å². The molecule has 0 aliphatic carbocycles. The Bertz CT molecular complexity index is 738. The van der Waals surface area contributed by atoms with E-state index in [1.54, 1.807) is 21.1 Å². The first-order valence-electron chi connectivity index (χ1n) is 8.14. The van der Waals surface area contributed by atoms with Crippen molar-refractivity contribution >= 4 is 11.9 Å². The Labute approximate surface area is 146 Å². The molecule has 1 aliphatic heterocycles. The van der Waals surface area contributed by atoms with Crippen LogP contribution in [0.3, 0.4) is 0 Å². The van der Waals surface area contributed by atoms with Gasteiger partial charge in [0.25, 0.3) is 0 Å². The van der Waals surface area contributed by atoms with Gasteiger partial charge in [0.2, 0.25) is 11.8 Å². The molecule has 2 heterocycles. The molecule has 134 valence electrons. The van der Waals surface area contributed by atoms with E-state index in [9.17, 15) is 4.79 Å². The lowest BCUT2D eigenvalue weighted by Gasteiger charge is -2.33. The topological polar surface area (TPSA) is 80.9 Å². The van der Waals surface area contributed by atoms with Crippen LogP contribution >= 0.6 is 0 Å². The van der Waals surface area contributed by atoms with Gasteiger partial charge in [-0.3, -0.25) is 4.79 Å². The number of anilines is 1. The van der Waals surface area contributed by atoms with Gasteiger partial charge in [-0.15, -0.1) is 5.10 Å². The van der Waals surface area contributed by atoms with Crippen molar-refractivity contribution in [2.75, 3.05) is 45.3 Å². The zero-order valence-electron chi connectivity index (χ0n) is 14.7. The second-order valence-corrected chi connectivity index (χ2v) is 5.84. The van der Waals surface area contributed by atoms with Crippen molar-refractivity contribution in [3.63, 3.8) is 0 Å². The third-order valence-electron chi connectivity index (χ3n) is 4.22. The van der Waals surface area contributed by atoms with E-state index in [-0.39, 0.29) is 5.91 Å². The quantitative estimate of drug-likeness (QED) is 0.807. The molecule has 0 atom stereocenters. The standard InChI is InChI=1S/C17H22N4O4/c1-12-18-19-17(25-12)21-8-6-20(7-9-21)16(22)11-13-4-5-14(23-2)15(10-13)24-3/h4-5,10H,6-9,11H2,1-3H3. The van der Waals surface area contributed by atoms with Crippen molar-refractivity contribution in [2.45, 2.75) is 13.3 Å². The summed E-state index contributed by atoms with van der Waals surface area (Å²) in [6.45, 7) is 4.39. The molecule has 1 aliphatic rings. The lowest BCUT2D eigenvalue weighted by molar-refractivity contribution is -0.130. The first-order valence-corrected chi connectivity index (χ1v) is 8.14. The maximum Gasteiger partial charge on any atom is 0.318 e. The molecule has 8 heteroatoms. The largest absolute Gasteiger partial charge is 0.493 e. The maximum absolute atomic E-state index is 12.6. The van der Waals surface area contributed by atoms with Crippen LogP contribution in [-0.2, 0) is 11.2 Å². The number of amides is 1. The number of piperazine rings is 1. The van der Waals surface area contributed by atoms with Gasteiger partial charge in [-0.1, -0.05) is 11.2 Å². The molecular formula is C17H22N4O4. The van der Waals surface area contributed by atoms with E-state index in [0.717, 1.165) is 5.56 Å². The van der Waals surface area contributed by atoms with E-state index in [1.165, 1.54) is 0 Å². The van der Waals surface area contributed by atoms with Crippen LogP contribution in [-0.4, -0.2) is 61.4 Å². The molecule has 1 aromatic heterocycles. The van der Waals surface area contributed by atoms with Gasteiger partial charge in [0, 0.05) is 33.1 Å². The Morgan fingerprint density at radius 2 is 1.84 bits per heavy atom. The minimum atomic E-state index is 0.0913. The number of hydrogen-bond acceptors (Lipinski definition) is 7. The third kappa shape index (κ3) is 3.84. The first kappa shape index (κ1) is 17.1. The van der Waals surface area contributed by atoms with E-state index in [0.29, 0.717) is 56.0 Å². The molecule has 0 unspecified atom stereocenters. The van der Waals surface area contributed by atoms with E-state index < -0.39 is 0 Å². The molecule has 0 bridgehead atoms. The molecule has 25 heavy (non-hydrogen) atoms. The fraction of sp³-hybridized carbons (Fsp3) is 0.471. The average molecular weight is 346 g/mol. The van der Waals surface area contributed by atoms with Crippen molar-refractivity contribution in [1.29, 1.82) is 0 Å². The van der Waals surface area contributed by atoms with Gasteiger partial charge in [-0.25, -0.2) is 0 Å². The highest BCUT2D eigenvalue weighted by molar-refractivity contribution is 5.79. The van der Waals surface area contributed by atoms with E-state index in [2.05, 4.69) is 10.2 Å². The Kier molecular flexibility index (Phi) is 5.06. The van der Waals surface area contributed by atoms with Crippen molar-refractivity contribution in [3.8, 4) is 11.5 Å². The summed E-state index contributed by atoms with van der Waals surface area (Å²) in [4.78, 5) is 16.4. The summed E-state index contributed by atoms with van der Waals surface area (Å²) < 4.78 is 15.9. The smallest absolute Gasteiger partial charge is 0.318 e. The number of rotatable bonds is 5. The van der Waals surface area contributed by atoms with Gasteiger partial charge < -0.3 is 23.7 Å². The summed E-state index contributed by atoms with van der Waals surface area (Å²) in [7, 11) is 3.18. The average Bonchev–Trinajstić information content (AvgIpc) is 3.08. The van der Waals surface area contributed by atoms with Crippen molar-refractivity contribution in [1.82, 2.24) is 15.1 Å². The van der Waals surface area contributed by atoms with Crippen LogP contribution in [0.5, 0.6) is 11.5 Å². The molecule has 1 aromatic carbocycles. The van der Waals surface area contributed by atoms with Crippen LogP contribution in [0.1, 0.15) is 11.5 Å². The molecule has 8 nitrogen and oxygen atoms in total. The molecule has 0 saturated carbocycles. The number of ether oxygens (including phenoxy) is 2. The van der Waals surface area contributed by atoms with Crippen LogP contribution in [0, 0.1) is 6.92 Å². The lowest BCUT2D eigenvalue weighted by Crippen LogP contribution is -2.49. The summed E-state index contributed by atoms with van der Waals surface area (Å²) >= 11 is 0. The second kappa shape index (κ2) is 7.42. The van der Waals surface area contributed by atoms with Crippen molar-refractivity contribution in [2.24, 2.45) is 0 Å². The number of aromatic nitrogens is 2. The van der Waals surface area contributed by atoms with Gasteiger partial charge in [0.15, 0.2) is 11.5 Å². The number of aryl methyl sites for hydroxylation is 1. The summed E-state index contributed by atoms with van der Waals surface area (Å²) in [5, 5.41) is 7.86. The van der Waals surface area contributed by atoms with Gasteiger partial charge in [0.1, 0.15) is 0 Å². The SMILES string of the molecule is COc1ccc(CC(=O)N2CCN(c3nnc(C)o3)CC2)cc1OC. The molecule has 2 aromatic rings. The van der Waals surface area contributed by atoms with Crippen LogP contribution in [0.4, 0.5) is 6.01 Å². The van der Waals surface area contributed by atoms with Crippen LogP contribution in [0.2, 0.25) is 0 Å². The maximum atomic E-state index is 12.6. The van der Waals surface area contributed by atoms with Crippen LogP contribution in [0.15, 0.2) is 22.6 Å². The third-order valence-corrected chi connectivity index (χ3v) is 4.22. The van der Waals surface area contributed by atoms with Crippen LogP contribution in [0.25, 0.3) is 0 Å². The molecular weight excluding hydrogens is 324 g/mol.